The number of carbonyl (C=O) groups excluding carboxylic acids is 1. The van der Waals surface area contributed by atoms with Gasteiger partial charge in [0.2, 0.25) is 5.91 Å². The first-order valence-electron chi connectivity index (χ1n) is 6.90. The third kappa shape index (κ3) is 3.92. The lowest BCUT2D eigenvalue weighted by Gasteiger charge is -2.20. The molecule has 5 nitrogen and oxygen atoms in total. The number of pyridine rings is 1. The Morgan fingerprint density at radius 1 is 1.42 bits per heavy atom. The minimum Gasteiger partial charge on any atom is -0.355 e. The van der Waals surface area contributed by atoms with E-state index in [0.29, 0.717) is 12.6 Å². The molecular weight excluding hydrogens is 240 g/mol. The van der Waals surface area contributed by atoms with E-state index >= 15 is 0 Å². The molecule has 1 saturated heterocycles. The second-order valence-corrected chi connectivity index (χ2v) is 5.15. The van der Waals surface area contributed by atoms with Gasteiger partial charge in [0.25, 0.3) is 0 Å². The molecule has 19 heavy (non-hydrogen) atoms. The van der Waals surface area contributed by atoms with Crippen LogP contribution in [0.1, 0.15) is 26.7 Å². The first-order valence-corrected chi connectivity index (χ1v) is 6.90. The second-order valence-electron chi connectivity index (χ2n) is 5.15. The van der Waals surface area contributed by atoms with Gasteiger partial charge >= 0.3 is 0 Å². The van der Waals surface area contributed by atoms with E-state index < -0.39 is 0 Å². The predicted octanol–water partition coefficient (Wildman–Crippen LogP) is 1.62. The molecule has 1 aromatic heterocycles. The van der Waals surface area contributed by atoms with Gasteiger partial charge in [-0.1, -0.05) is 13.8 Å². The van der Waals surface area contributed by atoms with E-state index in [1.165, 1.54) is 12.8 Å². The molecular formula is C14H22N4O. The molecule has 2 N–H and O–H groups in total. The van der Waals surface area contributed by atoms with Crippen LogP contribution < -0.4 is 15.5 Å². The molecule has 1 amide bonds. The van der Waals surface area contributed by atoms with Crippen LogP contribution in [-0.2, 0) is 4.79 Å². The normalized spacial score (nSPS) is 15.0. The van der Waals surface area contributed by atoms with Crippen LogP contribution in [0.5, 0.6) is 0 Å². The lowest BCUT2D eigenvalue weighted by Crippen LogP contribution is -2.33. The van der Waals surface area contributed by atoms with Crippen LogP contribution in [0.4, 0.5) is 11.5 Å². The lowest BCUT2D eigenvalue weighted by molar-refractivity contribution is -0.115. The van der Waals surface area contributed by atoms with Gasteiger partial charge in [0.05, 0.1) is 12.2 Å². The monoisotopic (exact) mass is 262 g/mol. The largest absolute Gasteiger partial charge is 0.355 e. The Balaban J connectivity index is 2.01. The van der Waals surface area contributed by atoms with Crippen molar-refractivity contribution in [3.63, 3.8) is 0 Å². The van der Waals surface area contributed by atoms with Crippen LogP contribution >= 0.6 is 0 Å². The van der Waals surface area contributed by atoms with Gasteiger partial charge in [0.1, 0.15) is 0 Å². The number of carbonyl (C=O) groups is 1. The van der Waals surface area contributed by atoms with Gasteiger partial charge in [-0.2, -0.15) is 0 Å². The van der Waals surface area contributed by atoms with Crippen LogP contribution in [0.15, 0.2) is 18.3 Å². The fraction of sp³-hybridized carbons (Fsp3) is 0.571. The number of hydrogen-bond acceptors (Lipinski definition) is 4. The molecule has 1 aliphatic rings. The molecule has 0 spiro atoms. The van der Waals surface area contributed by atoms with Crippen LogP contribution in [0, 0.1) is 0 Å². The van der Waals surface area contributed by atoms with Crippen molar-refractivity contribution < 1.29 is 4.79 Å². The molecule has 1 aliphatic heterocycles. The first-order chi connectivity index (χ1) is 9.16. The SMILES string of the molecule is CC(C)NCC(=O)Nc1cccnc1N1CCCC1. The maximum absolute atomic E-state index is 11.9. The number of hydrogen-bond donors (Lipinski definition) is 2. The molecule has 0 aliphatic carbocycles. The fourth-order valence-electron chi connectivity index (χ4n) is 2.17. The summed E-state index contributed by atoms with van der Waals surface area (Å²) in [6, 6.07) is 4.07. The Labute approximate surface area is 114 Å². The zero-order valence-corrected chi connectivity index (χ0v) is 11.6. The molecule has 0 atom stereocenters. The van der Waals surface area contributed by atoms with Gasteiger partial charge in [-0.3, -0.25) is 4.79 Å². The van der Waals surface area contributed by atoms with Crippen molar-refractivity contribution in [3.05, 3.63) is 18.3 Å². The Kier molecular flexibility index (Phi) is 4.74. The van der Waals surface area contributed by atoms with Gasteiger partial charge in [-0.05, 0) is 25.0 Å². The molecule has 2 rings (SSSR count). The number of aromatic nitrogens is 1. The minimum atomic E-state index is -0.0258. The zero-order chi connectivity index (χ0) is 13.7. The molecule has 5 heteroatoms. The van der Waals surface area contributed by atoms with E-state index in [2.05, 4.69) is 20.5 Å². The Bertz CT molecular complexity index is 427. The molecule has 0 radical (unpaired) electrons. The summed E-state index contributed by atoms with van der Waals surface area (Å²) in [5, 5.41) is 6.05. The summed E-state index contributed by atoms with van der Waals surface area (Å²) in [7, 11) is 0. The quantitative estimate of drug-likeness (QED) is 0.846. The average Bonchev–Trinajstić information content (AvgIpc) is 2.91. The summed E-state index contributed by atoms with van der Waals surface area (Å²) in [6.07, 6.45) is 4.16. The molecule has 0 aromatic carbocycles. The number of nitrogens with one attached hydrogen (secondary N) is 2. The highest BCUT2D eigenvalue weighted by atomic mass is 16.1. The molecule has 0 unspecified atom stereocenters. The van der Waals surface area contributed by atoms with Crippen molar-refractivity contribution in [2.45, 2.75) is 32.7 Å². The smallest absolute Gasteiger partial charge is 0.238 e. The van der Waals surface area contributed by atoms with Crippen molar-refractivity contribution in [1.29, 1.82) is 0 Å². The Hall–Kier alpha value is -1.62. The van der Waals surface area contributed by atoms with Gasteiger partial charge in [-0.15, -0.1) is 0 Å². The molecule has 0 saturated carbocycles. The molecule has 1 fully saturated rings. The molecule has 104 valence electrons. The van der Waals surface area contributed by atoms with E-state index in [-0.39, 0.29) is 5.91 Å². The zero-order valence-electron chi connectivity index (χ0n) is 11.6. The van der Waals surface area contributed by atoms with E-state index in [1.807, 2.05) is 26.0 Å². The molecule has 1 aromatic rings. The third-order valence-electron chi connectivity index (χ3n) is 3.14. The Morgan fingerprint density at radius 2 is 2.16 bits per heavy atom. The Morgan fingerprint density at radius 3 is 2.84 bits per heavy atom. The van der Waals surface area contributed by atoms with E-state index in [9.17, 15) is 4.79 Å². The number of nitrogens with zero attached hydrogens (tertiary/aromatic N) is 2. The van der Waals surface area contributed by atoms with Crippen LogP contribution in [0.25, 0.3) is 0 Å². The maximum atomic E-state index is 11.9. The van der Waals surface area contributed by atoms with Crippen LogP contribution in [0.3, 0.4) is 0 Å². The van der Waals surface area contributed by atoms with E-state index in [0.717, 1.165) is 24.6 Å². The van der Waals surface area contributed by atoms with Gasteiger partial charge in [-0.25, -0.2) is 4.98 Å². The van der Waals surface area contributed by atoms with E-state index in [4.69, 9.17) is 0 Å². The summed E-state index contributed by atoms with van der Waals surface area (Å²) >= 11 is 0. The van der Waals surface area contributed by atoms with Gasteiger partial charge in [0, 0.05) is 25.3 Å². The predicted molar refractivity (Wildman–Crippen MR) is 77.5 cm³/mol. The molecule has 2 heterocycles. The number of amides is 1. The standard InChI is InChI=1S/C14H22N4O/c1-11(2)16-10-13(19)17-12-6-5-7-15-14(12)18-8-3-4-9-18/h5-7,11,16H,3-4,8-10H2,1-2H3,(H,17,19). The second kappa shape index (κ2) is 6.52. The topological polar surface area (TPSA) is 57.3 Å². The highest BCUT2D eigenvalue weighted by Gasteiger charge is 2.17. The van der Waals surface area contributed by atoms with Crippen molar-refractivity contribution in [3.8, 4) is 0 Å². The van der Waals surface area contributed by atoms with E-state index in [1.54, 1.807) is 6.20 Å². The average molecular weight is 262 g/mol. The highest BCUT2D eigenvalue weighted by molar-refractivity contribution is 5.94. The van der Waals surface area contributed by atoms with Crippen LogP contribution in [0.2, 0.25) is 0 Å². The van der Waals surface area contributed by atoms with Crippen molar-refractivity contribution in [1.82, 2.24) is 10.3 Å². The first kappa shape index (κ1) is 13.8. The summed E-state index contributed by atoms with van der Waals surface area (Å²) < 4.78 is 0. The van der Waals surface area contributed by atoms with Crippen molar-refractivity contribution in [2.75, 3.05) is 29.9 Å². The van der Waals surface area contributed by atoms with Gasteiger partial charge in [0.15, 0.2) is 5.82 Å². The van der Waals surface area contributed by atoms with Crippen molar-refractivity contribution in [2.24, 2.45) is 0 Å². The number of rotatable bonds is 5. The summed E-state index contributed by atoms with van der Waals surface area (Å²) in [5.74, 6) is 0.861. The highest BCUT2D eigenvalue weighted by Crippen LogP contribution is 2.25. The van der Waals surface area contributed by atoms with Crippen molar-refractivity contribution >= 4 is 17.4 Å². The number of anilines is 2. The lowest BCUT2D eigenvalue weighted by atomic mass is 10.3. The summed E-state index contributed by atoms with van der Waals surface area (Å²) in [4.78, 5) is 18.5. The maximum Gasteiger partial charge on any atom is 0.238 e. The fourth-order valence-corrected chi connectivity index (χ4v) is 2.17. The van der Waals surface area contributed by atoms with Crippen LogP contribution in [-0.4, -0.2) is 36.6 Å². The summed E-state index contributed by atoms with van der Waals surface area (Å²) in [5.41, 5.74) is 0.806. The minimum absolute atomic E-state index is 0.0258. The molecule has 0 bridgehead atoms. The van der Waals surface area contributed by atoms with Gasteiger partial charge < -0.3 is 15.5 Å². The third-order valence-corrected chi connectivity index (χ3v) is 3.14. The summed E-state index contributed by atoms with van der Waals surface area (Å²) in [6.45, 7) is 6.40.